The number of carbonyl (C=O) groups is 3. The highest BCUT2D eigenvalue weighted by atomic mass is 16.6. The summed E-state index contributed by atoms with van der Waals surface area (Å²) >= 11 is 0. The molecule has 9 nitrogen and oxygen atoms in total. The van der Waals surface area contributed by atoms with Crippen molar-refractivity contribution in [2.45, 2.75) is 71.6 Å². The average Bonchev–Trinajstić information content (AvgIpc) is 2.77. The molecule has 31 heavy (non-hydrogen) atoms. The Morgan fingerprint density at radius 2 is 2.00 bits per heavy atom. The number of nitrogens with zero attached hydrogens (tertiary/aromatic N) is 2. The van der Waals surface area contributed by atoms with Gasteiger partial charge in [-0.2, -0.15) is 0 Å². The molecule has 2 N–H and O–H groups in total. The van der Waals surface area contributed by atoms with Crippen molar-refractivity contribution < 1.29 is 19.1 Å². The van der Waals surface area contributed by atoms with Crippen molar-refractivity contribution in [3.8, 4) is 0 Å². The van der Waals surface area contributed by atoms with Crippen molar-refractivity contribution in [1.29, 1.82) is 0 Å². The summed E-state index contributed by atoms with van der Waals surface area (Å²) in [6.45, 7) is 8.82. The third-order valence-electron chi connectivity index (χ3n) is 5.24. The van der Waals surface area contributed by atoms with Gasteiger partial charge in [-0.15, -0.1) is 0 Å². The van der Waals surface area contributed by atoms with Gasteiger partial charge in [-0.25, -0.2) is 9.78 Å². The summed E-state index contributed by atoms with van der Waals surface area (Å²) in [5, 5.41) is 5.37. The second kappa shape index (κ2) is 8.13. The molecule has 0 saturated carbocycles. The first-order valence-electron chi connectivity index (χ1n) is 10.2. The van der Waals surface area contributed by atoms with E-state index in [4.69, 9.17) is 4.74 Å². The second-order valence-electron chi connectivity index (χ2n) is 9.01. The Labute approximate surface area is 180 Å². The first-order chi connectivity index (χ1) is 14.4. The molecule has 3 amide bonds. The number of carbonyl (C=O) groups excluding carboxylic acids is 3. The number of ether oxygens (including phenoxy) is 1. The fourth-order valence-electron chi connectivity index (χ4n) is 3.77. The molecular weight excluding hydrogens is 400 g/mol. The zero-order valence-electron chi connectivity index (χ0n) is 18.5. The van der Waals surface area contributed by atoms with E-state index < -0.39 is 23.1 Å². The minimum absolute atomic E-state index is 0.171. The van der Waals surface area contributed by atoms with Crippen molar-refractivity contribution in [2.75, 3.05) is 0 Å². The van der Waals surface area contributed by atoms with Crippen LogP contribution in [0.15, 0.2) is 23.0 Å². The molecule has 0 bridgehead atoms. The van der Waals surface area contributed by atoms with E-state index in [1.54, 1.807) is 52.8 Å². The van der Waals surface area contributed by atoms with Crippen LogP contribution in [0.25, 0.3) is 10.9 Å². The number of alkyl carbamates (subject to hydrolysis) is 1. The molecule has 1 aromatic carbocycles. The molecule has 0 spiro atoms. The Balaban J connectivity index is 1.98. The lowest BCUT2D eigenvalue weighted by molar-refractivity contribution is -0.134. The van der Waals surface area contributed by atoms with E-state index in [0.717, 1.165) is 0 Å². The van der Waals surface area contributed by atoms with E-state index in [1.807, 2.05) is 0 Å². The maximum atomic E-state index is 13.4. The predicted octanol–water partition coefficient (Wildman–Crippen LogP) is 2.27. The fraction of sp³-hybridized carbons (Fsp3) is 0.500. The fourth-order valence-corrected chi connectivity index (χ4v) is 3.77. The normalized spacial score (nSPS) is 19.6. The van der Waals surface area contributed by atoms with Crippen LogP contribution in [0.1, 0.15) is 58.3 Å². The Morgan fingerprint density at radius 1 is 1.29 bits per heavy atom. The van der Waals surface area contributed by atoms with Gasteiger partial charge in [0.25, 0.3) is 11.5 Å². The minimum atomic E-state index is -1.22. The molecule has 0 radical (unpaired) electrons. The third kappa shape index (κ3) is 4.76. The molecule has 1 unspecified atom stereocenters. The molecule has 3 rings (SSSR count). The molecular formula is C22H28N4O5. The van der Waals surface area contributed by atoms with Crippen LogP contribution >= 0.6 is 0 Å². The van der Waals surface area contributed by atoms with Crippen molar-refractivity contribution in [2.24, 2.45) is 0 Å². The van der Waals surface area contributed by atoms with Crippen LogP contribution in [0.4, 0.5) is 4.79 Å². The number of nitrogens with one attached hydrogen (secondary N) is 2. The van der Waals surface area contributed by atoms with Gasteiger partial charge in [-0.05, 0) is 65.2 Å². The van der Waals surface area contributed by atoms with E-state index in [0.29, 0.717) is 35.1 Å². The van der Waals surface area contributed by atoms with Gasteiger partial charge in [0, 0.05) is 13.0 Å². The quantitative estimate of drug-likeness (QED) is 0.724. The van der Waals surface area contributed by atoms with E-state index in [-0.39, 0.29) is 24.4 Å². The monoisotopic (exact) mass is 428 g/mol. The van der Waals surface area contributed by atoms with Gasteiger partial charge in [-0.1, -0.05) is 6.07 Å². The smallest absolute Gasteiger partial charge is 0.407 e. The van der Waals surface area contributed by atoms with Gasteiger partial charge in [0.2, 0.25) is 5.91 Å². The molecule has 2 heterocycles. The number of hydrogen-bond acceptors (Lipinski definition) is 6. The maximum Gasteiger partial charge on any atom is 0.407 e. The van der Waals surface area contributed by atoms with Crippen LogP contribution in [0, 0.1) is 6.92 Å². The standard InChI is InChI=1S/C22H28N4O5/c1-13-24-16-9-8-14(12-23-20(30)31-21(2,3)4)11-15(16)18(28)26(13)22(5)10-6-7-17(27)25-19(22)29/h8-9,11H,6-7,10,12H2,1-5H3,(H,23,30)(H,25,27,29). The number of aryl methyl sites for hydroxylation is 1. The molecule has 1 aromatic heterocycles. The van der Waals surface area contributed by atoms with Gasteiger partial charge >= 0.3 is 6.09 Å². The van der Waals surface area contributed by atoms with Gasteiger partial charge in [0.15, 0.2) is 0 Å². The first-order valence-corrected chi connectivity index (χ1v) is 10.2. The Hall–Kier alpha value is -3.23. The summed E-state index contributed by atoms with van der Waals surface area (Å²) in [6.07, 6.45) is 0.506. The lowest BCUT2D eigenvalue weighted by atomic mass is 9.94. The predicted molar refractivity (Wildman–Crippen MR) is 114 cm³/mol. The number of hydrogen-bond donors (Lipinski definition) is 2. The first kappa shape index (κ1) is 22.5. The largest absolute Gasteiger partial charge is 0.444 e. The third-order valence-corrected chi connectivity index (χ3v) is 5.24. The zero-order valence-corrected chi connectivity index (χ0v) is 18.5. The Bertz CT molecular complexity index is 1120. The molecule has 1 saturated heterocycles. The molecule has 1 fully saturated rings. The number of aromatic nitrogens is 2. The van der Waals surface area contributed by atoms with E-state index in [1.165, 1.54) is 4.57 Å². The SMILES string of the molecule is Cc1nc2ccc(CNC(=O)OC(C)(C)C)cc2c(=O)n1C1(C)CCCC(=O)NC1=O. The number of imide groups is 1. The summed E-state index contributed by atoms with van der Waals surface area (Å²) in [7, 11) is 0. The Kier molecular flexibility index (Phi) is 5.89. The summed E-state index contributed by atoms with van der Waals surface area (Å²) in [5.74, 6) is -0.461. The van der Waals surface area contributed by atoms with Crippen LogP contribution < -0.4 is 16.2 Å². The van der Waals surface area contributed by atoms with Crippen LogP contribution in [0.3, 0.4) is 0 Å². The molecule has 9 heteroatoms. The lowest BCUT2D eigenvalue weighted by Crippen LogP contribution is -2.51. The number of benzene rings is 1. The molecule has 1 atom stereocenters. The van der Waals surface area contributed by atoms with Gasteiger partial charge in [0.1, 0.15) is 17.0 Å². The van der Waals surface area contributed by atoms with Gasteiger partial charge < -0.3 is 10.1 Å². The van der Waals surface area contributed by atoms with E-state index in [9.17, 15) is 19.2 Å². The summed E-state index contributed by atoms with van der Waals surface area (Å²) < 4.78 is 6.60. The molecule has 1 aliphatic heterocycles. The lowest BCUT2D eigenvalue weighted by Gasteiger charge is -2.30. The number of amides is 3. The van der Waals surface area contributed by atoms with Crippen molar-refractivity contribution in [3.63, 3.8) is 0 Å². The van der Waals surface area contributed by atoms with E-state index in [2.05, 4.69) is 15.6 Å². The van der Waals surface area contributed by atoms with E-state index >= 15 is 0 Å². The van der Waals surface area contributed by atoms with Crippen LogP contribution in [-0.4, -0.2) is 33.1 Å². The average molecular weight is 428 g/mol. The summed E-state index contributed by atoms with van der Waals surface area (Å²) in [4.78, 5) is 54.4. The highest BCUT2D eigenvalue weighted by Crippen LogP contribution is 2.27. The Morgan fingerprint density at radius 3 is 2.68 bits per heavy atom. The van der Waals surface area contributed by atoms with Crippen molar-refractivity contribution in [3.05, 3.63) is 39.9 Å². The van der Waals surface area contributed by atoms with Crippen LogP contribution in [-0.2, 0) is 26.4 Å². The number of fused-ring (bicyclic) bond motifs is 1. The number of rotatable bonds is 3. The molecule has 2 aromatic rings. The maximum absolute atomic E-state index is 13.4. The molecule has 0 aliphatic carbocycles. The highest BCUT2D eigenvalue weighted by molar-refractivity contribution is 5.99. The van der Waals surface area contributed by atoms with Gasteiger partial charge in [-0.3, -0.25) is 24.3 Å². The summed E-state index contributed by atoms with van der Waals surface area (Å²) in [6, 6.07) is 5.13. The topological polar surface area (TPSA) is 119 Å². The highest BCUT2D eigenvalue weighted by Gasteiger charge is 2.40. The minimum Gasteiger partial charge on any atom is -0.444 e. The summed E-state index contributed by atoms with van der Waals surface area (Å²) in [5.41, 5.74) is -1.02. The van der Waals surface area contributed by atoms with Crippen LogP contribution in [0.2, 0.25) is 0 Å². The molecule has 166 valence electrons. The van der Waals surface area contributed by atoms with Gasteiger partial charge in [0.05, 0.1) is 10.9 Å². The molecule has 1 aliphatic rings. The second-order valence-corrected chi connectivity index (χ2v) is 9.01. The van der Waals surface area contributed by atoms with Crippen molar-refractivity contribution >= 4 is 28.8 Å². The van der Waals surface area contributed by atoms with Crippen molar-refractivity contribution in [1.82, 2.24) is 20.2 Å². The zero-order chi connectivity index (χ0) is 23.0. The van der Waals surface area contributed by atoms with Crippen LogP contribution in [0.5, 0.6) is 0 Å².